The number of hydrogen-bond donors (Lipinski definition) is 1. The quantitative estimate of drug-likeness (QED) is 0.452. The van der Waals surface area contributed by atoms with Crippen LogP contribution in [0.2, 0.25) is 10.0 Å². The number of hydrogen-bond acceptors (Lipinski definition) is 4. The fourth-order valence-corrected chi connectivity index (χ4v) is 4.22. The number of anilines is 1. The van der Waals surface area contributed by atoms with Gasteiger partial charge < -0.3 is 15.0 Å². The maximum Gasteiger partial charge on any atom is 0.262 e. The van der Waals surface area contributed by atoms with Gasteiger partial charge in [-0.25, -0.2) is 0 Å². The Balaban J connectivity index is 1.51. The second-order valence-electron chi connectivity index (χ2n) is 8.73. The molecule has 0 bridgehead atoms. The Bertz CT molecular complexity index is 1140. The van der Waals surface area contributed by atoms with E-state index in [1.807, 2.05) is 55.5 Å². The third kappa shape index (κ3) is 6.51. The van der Waals surface area contributed by atoms with Crippen molar-refractivity contribution in [2.45, 2.75) is 13.5 Å². The second-order valence-corrected chi connectivity index (χ2v) is 9.55. The van der Waals surface area contributed by atoms with E-state index < -0.39 is 0 Å². The predicted octanol–water partition coefficient (Wildman–Crippen LogP) is 5.73. The van der Waals surface area contributed by atoms with Gasteiger partial charge in [-0.05, 0) is 61.5 Å². The number of benzene rings is 3. The van der Waals surface area contributed by atoms with Gasteiger partial charge in [0.15, 0.2) is 6.61 Å². The molecule has 5 nitrogen and oxygen atoms in total. The van der Waals surface area contributed by atoms with Crippen molar-refractivity contribution in [1.82, 2.24) is 9.80 Å². The molecular formula is C27H29Cl2N3O2. The topological polar surface area (TPSA) is 44.8 Å². The van der Waals surface area contributed by atoms with E-state index in [2.05, 4.69) is 28.2 Å². The zero-order chi connectivity index (χ0) is 24.1. The number of aryl methyl sites for hydroxylation is 1. The smallest absolute Gasteiger partial charge is 0.262 e. The van der Waals surface area contributed by atoms with Crippen LogP contribution in [0, 0.1) is 6.92 Å². The minimum absolute atomic E-state index is 0.0598. The number of nitrogens with zero attached hydrogens (tertiary/aromatic N) is 2. The van der Waals surface area contributed by atoms with Crippen LogP contribution >= 0.6 is 23.2 Å². The van der Waals surface area contributed by atoms with Gasteiger partial charge in [-0.1, -0.05) is 53.0 Å². The number of ether oxygens (including phenoxy) is 1. The molecule has 1 fully saturated rings. The molecule has 34 heavy (non-hydrogen) atoms. The van der Waals surface area contributed by atoms with Crippen LogP contribution in [-0.2, 0) is 11.3 Å². The molecule has 1 aliphatic rings. The van der Waals surface area contributed by atoms with Gasteiger partial charge in [-0.2, -0.15) is 0 Å². The van der Waals surface area contributed by atoms with E-state index in [0.29, 0.717) is 15.8 Å². The summed E-state index contributed by atoms with van der Waals surface area (Å²) in [5.74, 6) is 0.518. The van der Waals surface area contributed by atoms with Gasteiger partial charge in [0.1, 0.15) is 5.75 Å². The molecule has 1 amide bonds. The van der Waals surface area contributed by atoms with Crippen molar-refractivity contribution in [1.29, 1.82) is 0 Å². The largest absolute Gasteiger partial charge is 0.483 e. The molecule has 3 aromatic carbocycles. The number of rotatable bonds is 7. The van der Waals surface area contributed by atoms with Crippen LogP contribution in [0.4, 0.5) is 5.69 Å². The minimum Gasteiger partial charge on any atom is -0.483 e. The first-order valence-electron chi connectivity index (χ1n) is 11.4. The molecule has 0 saturated carbocycles. The van der Waals surface area contributed by atoms with Gasteiger partial charge in [0, 0.05) is 44.0 Å². The second kappa shape index (κ2) is 11.2. The molecule has 0 atom stereocenters. The minimum atomic E-state index is -0.192. The standard InChI is InChI=1S/C27H29Cl2N3O2/c1-19-3-7-23(8-4-19)30-27(33)18-34-26-10-6-20(21-5-9-24(28)25(29)16-21)15-22(26)17-32-13-11-31(2)12-14-32/h3-10,15-16H,11-14,17-18H2,1-2H3,(H,30,33). The average Bonchev–Trinajstić information content (AvgIpc) is 2.83. The van der Waals surface area contributed by atoms with Crippen LogP contribution < -0.4 is 10.1 Å². The molecule has 1 saturated heterocycles. The Kier molecular flexibility index (Phi) is 8.11. The maximum absolute atomic E-state index is 12.5. The first-order chi connectivity index (χ1) is 16.4. The van der Waals surface area contributed by atoms with Gasteiger partial charge in [0.25, 0.3) is 5.91 Å². The summed E-state index contributed by atoms with van der Waals surface area (Å²) in [6, 6.07) is 19.4. The summed E-state index contributed by atoms with van der Waals surface area (Å²) in [5, 5.41) is 3.94. The van der Waals surface area contributed by atoms with Crippen molar-refractivity contribution in [3.63, 3.8) is 0 Å². The number of piperazine rings is 1. The molecule has 0 aromatic heterocycles. The number of halogens is 2. The Hall–Kier alpha value is -2.57. The summed E-state index contributed by atoms with van der Waals surface area (Å²) >= 11 is 12.4. The SMILES string of the molecule is Cc1ccc(NC(=O)COc2ccc(-c3ccc(Cl)c(Cl)c3)cc2CN2CCN(C)CC2)cc1. The fourth-order valence-electron chi connectivity index (χ4n) is 3.92. The number of likely N-dealkylation sites (N-methyl/N-ethyl adjacent to an activating group) is 1. The highest BCUT2D eigenvalue weighted by molar-refractivity contribution is 6.42. The Morgan fingerprint density at radius 2 is 1.59 bits per heavy atom. The average molecular weight is 498 g/mol. The monoisotopic (exact) mass is 497 g/mol. The van der Waals surface area contributed by atoms with Crippen LogP contribution in [0.5, 0.6) is 5.75 Å². The number of carbonyl (C=O) groups is 1. The number of amides is 1. The lowest BCUT2D eigenvalue weighted by Gasteiger charge is -2.32. The highest BCUT2D eigenvalue weighted by Gasteiger charge is 2.17. The normalized spacial score (nSPS) is 14.7. The van der Waals surface area contributed by atoms with E-state index in [9.17, 15) is 4.79 Å². The Labute approximate surface area is 211 Å². The molecular weight excluding hydrogens is 469 g/mol. The third-order valence-electron chi connectivity index (χ3n) is 6.00. The Morgan fingerprint density at radius 3 is 2.29 bits per heavy atom. The molecule has 1 aliphatic heterocycles. The summed E-state index contributed by atoms with van der Waals surface area (Å²) in [4.78, 5) is 17.2. The van der Waals surface area contributed by atoms with Crippen LogP contribution in [0.25, 0.3) is 11.1 Å². The van der Waals surface area contributed by atoms with Crippen LogP contribution in [0.15, 0.2) is 60.7 Å². The van der Waals surface area contributed by atoms with E-state index in [1.54, 1.807) is 6.07 Å². The van der Waals surface area contributed by atoms with E-state index in [-0.39, 0.29) is 12.5 Å². The van der Waals surface area contributed by atoms with Gasteiger partial charge in [0.05, 0.1) is 10.0 Å². The summed E-state index contributed by atoms with van der Waals surface area (Å²) < 4.78 is 5.99. The van der Waals surface area contributed by atoms with Crippen LogP contribution in [0.1, 0.15) is 11.1 Å². The molecule has 0 aliphatic carbocycles. The molecule has 3 aromatic rings. The van der Waals surface area contributed by atoms with Gasteiger partial charge in [-0.3, -0.25) is 9.69 Å². The summed E-state index contributed by atoms with van der Waals surface area (Å²) in [6.45, 7) is 6.73. The molecule has 7 heteroatoms. The van der Waals surface area contributed by atoms with Crippen LogP contribution in [-0.4, -0.2) is 55.5 Å². The van der Waals surface area contributed by atoms with Gasteiger partial charge in [0.2, 0.25) is 0 Å². The number of nitrogens with one attached hydrogen (secondary N) is 1. The van der Waals surface area contributed by atoms with Crippen molar-refractivity contribution in [2.24, 2.45) is 0 Å². The number of carbonyl (C=O) groups excluding carboxylic acids is 1. The predicted molar refractivity (Wildman–Crippen MR) is 140 cm³/mol. The Morgan fingerprint density at radius 1 is 0.912 bits per heavy atom. The third-order valence-corrected chi connectivity index (χ3v) is 6.74. The van der Waals surface area contributed by atoms with E-state index in [0.717, 1.165) is 60.7 Å². The summed E-state index contributed by atoms with van der Waals surface area (Å²) in [7, 11) is 2.14. The van der Waals surface area contributed by atoms with Crippen molar-refractivity contribution in [3.8, 4) is 16.9 Å². The van der Waals surface area contributed by atoms with Crippen molar-refractivity contribution in [2.75, 3.05) is 45.2 Å². The lowest BCUT2D eigenvalue weighted by atomic mass is 10.0. The molecule has 0 unspecified atom stereocenters. The first kappa shape index (κ1) is 24.6. The lowest BCUT2D eigenvalue weighted by Crippen LogP contribution is -2.43. The van der Waals surface area contributed by atoms with Crippen molar-refractivity contribution in [3.05, 3.63) is 81.8 Å². The molecule has 178 valence electrons. The highest BCUT2D eigenvalue weighted by Crippen LogP contribution is 2.32. The molecule has 4 rings (SSSR count). The van der Waals surface area contributed by atoms with Crippen molar-refractivity contribution < 1.29 is 9.53 Å². The zero-order valence-electron chi connectivity index (χ0n) is 19.5. The summed E-state index contributed by atoms with van der Waals surface area (Å²) in [5.41, 5.74) is 4.95. The molecule has 0 spiro atoms. The maximum atomic E-state index is 12.5. The molecule has 1 N–H and O–H groups in total. The van der Waals surface area contributed by atoms with Crippen molar-refractivity contribution >= 4 is 34.8 Å². The van der Waals surface area contributed by atoms with E-state index in [4.69, 9.17) is 27.9 Å². The van der Waals surface area contributed by atoms with E-state index in [1.165, 1.54) is 0 Å². The first-order valence-corrected chi connectivity index (χ1v) is 12.1. The lowest BCUT2D eigenvalue weighted by molar-refractivity contribution is -0.118. The molecule has 0 radical (unpaired) electrons. The van der Waals surface area contributed by atoms with Gasteiger partial charge >= 0.3 is 0 Å². The van der Waals surface area contributed by atoms with Crippen LogP contribution in [0.3, 0.4) is 0 Å². The molecule has 1 heterocycles. The zero-order valence-corrected chi connectivity index (χ0v) is 21.0. The highest BCUT2D eigenvalue weighted by atomic mass is 35.5. The summed E-state index contributed by atoms with van der Waals surface area (Å²) in [6.07, 6.45) is 0. The van der Waals surface area contributed by atoms with E-state index >= 15 is 0 Å². The fraction of sp³-hybridized carbons (Fsp3) is 0.296. The van der Waals surface area contributed by atoms with Gasteiger partial charge in [-0.15, -0.1) is 0 Å².